The molecule has 9 rings (SSSR count). The molecule has 4 nitrogen and oxygen atoms in total. The van der Waals surface area contributed by atoms with Crippen LogP contribution in [-0.2, 0) is 0 Å². The monoisotopic (exact) mass is 738 g/mol. The average Bonchev–Trinajstić information content (AvgIpc) is 3.28. The molecule has 1 aromatic heterocycles. The molecule has 0 amide bonds. The van der Waals surface area contributed by atoms with Gasteiger partial charge in [-0.25, -0.2) is 15.0 Å². The Balaban J connectivity index is 1.05. The highest BCUT2D eigenvalue weighted by Gasteiger charge is 2.17. The van der Waals surface area contributed by atoms with E-state index >= 15 is 0 Å². The van der Waals surface area contributed by atoms with Crippen LogP contribution in [0.1, 0.15) is 0 Å². The molecule has 5 heteroatoms. The second-order valence-corrected chi connectivity index (χ2v) is 13.8. The smallest absolute Gasteiger partial charge is 0.165 e. The summed E-state index contributed by atoms with van der Waals surface area (Å²) in [4.78, 5) is 16.9. The molecular formula is C51H35ClN4. The van der Waals surface area contributed by atoms with Gasteiger partial charge in [-0.1, -0.05) is 175 Å². The van der Waals surface area contributed by atoms with Gasteiger partial charge in [0.05, 0.1) is 5.02 Å². The standard InChI is InChI=1S/C51H35ClN4/c52-48-35-43(27-34-47(48)51-54-49(41-17-9-3-10-18-41)53-50(55-51)42-19-11-4-12-20-42)40-25-32-46(33-26-40)56(44-28-21-38(22-29-44)36-13-5-1-6-14-36)45-30-23-39(24-31-45)37-15-7-2-8-16-37/h1-35H. The Labute approximate surface area is 332 Å². The van der Waals surface area contributed by atoms with Crippen molar-refractivity contribution in [3.05, 3.63) is 217 Å². The maximum absolute atomic E-state index is 7.06. The van der Waals surface area contributed by atoms with Gasteiger partial charge in [0.2, 0.25) is 0 Å². The highest BCUT2D eigenvalue weighted by Crippen LogP contribution is 2.39. The Bertz CT molecular complexity index is 2560. The van der Waals surface area contributed by atoms with Crippen molar-refractivity contribution in [2.24, 2.45) is 0 Å². The summed E-state index contributed by atoms with van der Waals surface area (Å²) in [5, 5.41) is 0.564. The van der Waals surface area contributed by atoms with Crippen molar-refractivity contribution < 1.29 is 0 Å². The fraction of sp³-hybridized carbons (Fsp3) is 0. The number of hydrogen-bond acceptors (Lipinski definition) is 4. The van der Waals surface area contributed by atoms with Crippen molar-refractivity contribution in [3.63, 3.8) is 0 Å². The number of benzene rings is 8. The van der Waals surface area contributed by atoms with E-state index in [1.165, 1.54) is 22.3 Å². The van der Waals surface area contributed by atoms with Gasteiger partial charge in [-0.2, -0.15) is 0 Å². The van der Waals surface area contributed by atoms with Gasteiger partial charge in [0.25, 0.3) is 0 Å². The van der Waals surface area contributed by atoms with E-state index in [4.69, 9.17) is 26.6 Å². The van der Waals surface area contributed by atoms with Crippen LogP contribution >= 0.6 is 11.6 Å². The lowest BCUT2D eigenvalue weighted by molar-refractivity contribution is 1.07. The molecule has 0 bridgehead atoms. The lowest BCUT2D eigenvalue weighted by Gasteiger charge is -2.26. The molecule has 0 aliphatic carbocycles. The molecule has 0 saturated carbocycles. The van der Waals surface area contributed by atoms with Crippen LogP contribution in [0.3, 0.4) is 0 Å². The Morgan fingerprint density at radius 1 is 0.286 bits per heavy atom. The van der Waals surface area contributed by atoms with Crippen LogP contribution in [0.4, 0.5) is 17.1 Å². The van der Waals surface area contributed by atoms with E-state index in [1.807, 2.05) is 84.9 Å². The van der Waals surface area contributed by atoms with Gasteiger partial charge < -0.3 is 4.90 Å². The Hall–Kier alpha value is -7.14. The van der Waals surface area contributed by atoms with Crippen molar-refractivity contribution >= 4 is 28.7 Å². The minimum Gasteiger partial charge on any atom is -0.311 e. The van der Waals surface area contributed by atoms with E-state index in [-0.39, 0.29) is 0 Å². The summed E-state index contributed by atoms with van der Waals surface area (Å²) in [6.07, 6.45) is 0. The number of aromatic nitrogens is 3. The molecule has 0 saturated heterocycles. The van der Waals surface area contributed by atoms with Crippen LogP contribution in [-0.4, -0.2) is 15.0 Å². The summed E-state index contributed by atoms with van der Waals surface area (Å²) in [7, 11) is 0. The second kappa shape index (κ2) is 15.7. The van der Waals surface area contributed by atoms with Gasteiger partial charge in [-0.3, -0.25) is 0 Å². The van der Waals surface area contributed by atoms with Crippen molar-refractivity contribution in [3.8, 4) is 67.5 Å². The summed E-state index contributed by atoms with van der Waals surface area (Å²) in [6.45, 7) is 0. The molecule has 0 spiro atoms. The lowest BCUT2D eigenvalue weighted by Crippen LogP contribution is -2.09. The van der Waals surface area contributed by atoms with Crippen LogP contribution in [0, 0.1) is 0 Å². The minimum atomic E-state index is 0.525. The maximum Gasteiger partial charge on any atom is 0.165 e. The molecule has 0 N–H and O–H groups in total. The van der Waals surface area contributed by atoms with Crippen LogP contribution in [0.15, 0.2) is 212 Å². The topological polar surface area (TPSA) is 41.9 Å². The van der Waals surface area contributed by atoms with Crippen LogP contribution in [0.25, 0.3) is 67.5 Å². The number of hydrogen-bond donors (Lipinski definition) is 0. The van der Waals surface area contributed by atoms with E-state index in [0.717, 1.165) is 44.9 Å². The van der Waals surface area contributed by atoms with Crippen LogP contribution < -0.4 is 4.90 Å². The predicted octanol–water partition coefficient (Wildman–Crippen LogP) is 14.0. The van der Waals surface area contributed by atoms with Gasteiger partial charge in [-0.05, 0) is 81.9 Å². The molecule has 0 radical (unpaired) electrons. The fourth-order valence-corrected chi connectivity index (χ4v) is 7.19. The number of anilines is 3. The zero-order valence-electron chi connectivity index (χ0n) is 30.4. The maximum atomic E-state index is 7.06. The highest BCUT2D eigenvalue weighted by molar-refractivity contribution is 6.33. The zero-order chi connectivity index (χ0) is 37.7. The second-order valence-electron chi connectivity index (χ2n) is 13.4. The summed E-state index contributed by atoms with van der Waals surface area (Å²) in [5.74, 6) is 1.72. The number of halogens is 1. The normalized spacial score (nSPS) is 10.9. The fourth-order valence-electron chi connectivity index (χ4n) is 6.92. The summed E-state index contributed by atoms with van der Waals surface area (Å²) in [5.41, 5.74) is 12.5. The van der Waals surface area contributed by atoms with Crippen molar-refractivity contribution in [2.75, 3.05) is 4.90 Å². The number of rotatable bonds is 9. The third-order valence-corrected chi connectivity index (χ3v) is 10.1. The first-order chi connectivity index (χ1) is 27.7. The Kier molecular flexibility index (Phi) is 9.69. The largest absolute Gasteiger partial charge is 0.311 e. The summed E-state index contributed by atoms with van der Waals surface area (Å²) in [6, 6.07) is 73.0. The molecular weight excluding hydrogens is 704 g/mol. The van der Waals surface area contributed by atoms with E-state index < -0.39 is 0 Å². The Morgan fingerprint density at radius 2 is 0.589 bits per heavy atom. The zero-order valence-corrected chi connectivity index (χ0v) is 31.1. The van der Waals surface area contributed by atoms with Crippen LogP contribution in [0.5, 0.6) is 0 Å². The Morgan fingerprint density at radius 3 is 0.964 bits per heavy atom. The third kappa shape index (κ3) is 7.34. The van der Waals surface area contributed by atoms with Crippen molar-refractivity contribution in [1.82, 2.24) is 15.0 Å². The van der Waals surface area contributed by atoms with Gasteiger partial charge in [-0.15, -0.1) is 0 Å². The van der Waals surface area contributed by atoms with Gasteiger partial charge >= 0.3 is 0 Å². The molecule has 0 fully saturated rings. The van der Waals surface area contributed by atoms with E-state index in [0.29, 0.717) is 22.5 Å². The molecule has 266 valence electrons. The molecule has 8 aromatic carbocycles. The first-order valence-corrected chi connectivity index (χ1v) is 18.9. The summed E-state index contributed by atoms with van der Waals surface area (Å²) >= 11 is 7.06. The predicted molar refractivity (Wildman–Crippen MR) is 232 cm³/mol. The molecule has 9 aromatic rings. The van der Waals surface area contributed by atoms with E-state index in [1.54, 1.807) is 0 Å². The minimum absolute atomic E-state index is 0.525. The SMILES string of the molecule is Clc1cc(-c2ccc(N(c3ccc(-c4ccccc4)cc3)c3ccc(-c4ccccc4)cc3)cc2)ccc1-c1nc(-c2ccccc2)nc(-c2ccccc2)n1. The summed E-state index contributed by atoms with van der Waals surface area (Å²) < 4.78 is 0. The molecule has 0 aliphatic rings. The van der Waals surface area contributed by atoms with Crippen LogP contribution in [0.2, 0.25) is 5.02 Å². The first-order valence-electron chi connectivity index (χ1n) is 18.5. The van der Waals surface area contributed by atoms with Gasteiger partial charge in [0.15, 0.2) is 17.5 Å². The van der Waals surface area contributed by atoms with Gasteiger partial charge in [0, 0.05) is 33.8 Å². The first kappa shape index (κ1) is 34.6. The van der Waals surface area contributed by atoms with E-state index in [9.17, 15) is 0 Å². The molecule has 0 atom stereocenters. The molecule has 56 heavy (non-hydrogen) atoms. The highest BCUT2D eigenvalue weighted by atomic mass is 35.5. The molecule has 0 unspecified atom stereocenters. The third-order valence-electron chi connectivity index (χ3n) is 9.83. The van der Waals surface area contributed by atoms with Crippen molar-refractivity contribution in [2.45, 2.75) is 0 Å². The van der Waals surface area contributed by atoms with Crippen molar-refractivity contribution in [1.29, 1.82) is 0 Å². The van der Waals surface area contributed by atoms with E-state index in [2.05, 4.69) is 132 Å². The quantitative estimate of drug-likeness (QED) is 0.148. The molecule has 0 aliphatic heterocycles. The number of nitrogens with zero attached hydrogens (tertiary/aromatic N) is 4. The average molecular weight is 739 g/mol. The lowest BCUT2D eigenvalue weighted by atomic mass is 10.0. The molecule has 1 heterocycles. The van der Waals surface area contributed by atoms with Gasteiger partial charge in [0.1, 0.15) is 0 Å².